The van der Waals surface area contributed by atoms with Crippen LogP contribution in [0, 0.1) is 26.7 Å². The Morgan fingerprint density at radius 1 is 1.22 bits per heavy atom. The molecule has 0 radical (unpaired) electrons. The fourth-order valence-electron chi connectivity index (χ4n) is 2.30. The molecule has 1 aliphatic rings. The molecule has 1 fully saturated rings. The molecule has 0 aliphatic carbocycles. The van der Waals surface area contributed by atoms with Gasteiger partial charge in [0.25, 0.3) is 0 Å². The Morgan fingerprint density at radius 3 is 2.39 bits per heavy atom. The lowest BCUT2D eigenvalue weighted by Crippen LogP contribution is -2.51. The van der Waals surface area contributed by atoms with E-state index in [1.54, 1.807) is 0 Å². The first-order valence-corrected chi connectivity index (χ1v) is 6.51. The lowest BCUT2D eigenvalue weighted by molar-refractivity contribution is -0.136. The van der Waals surface area contributed by atoms with Gasteiger partial charge in [0.2, 0.25) is 5.91 Å². The summed E-state index contributed by atoms with van der Waals surface area (Å²) in [5.41, 5.74) is 5.13. The monoisotopic (exact) mass is 246 g/mol. The molecule has 0 bridgehead atoms. The van der Waals surface area contributed by atoms with E-state index >= 15 is 0 Å². The van der Waals surface area contributed by atoms with Crippen LogP contribution in [-0.2, 0) is 11.3 Å². The number of carbonyl (C=O) groups is 1. The summed E-state index contributed by atoms with van der Waals surface area (Å²) >= 11 is 0. The van der Waals surface area contributed by atoms with Crippen LogP contribution in [0.15, 0.2) is 12.1 Å². The number of amides is 1. The molecule has 1 aromatic carbocycles. The highest BCUT2D eigenvalue weighted by Crippen LogP contribution is 2.18. The maximum absolute atomic E-state index is 12.1. The van der Waals surface area contributed by atoms with Crippen LogP contribution in [0.3, 0.4) is 0 Å². The maximum Gasteiger partial charge on any atom is 0.228 e. The largest absolute Gasteiger partial charge is 0.341 e. The Labute approximate surface area is 109 Å². The molecule has 0 spiro atoms. The normalized spacial score (nSPS) is 15.3. The Morgan fingerprint density at radius 2 is 1.83 bits per heavy atom. The van der Waals surface area contributed by atoms with E-state index in [2.05, 4.69) is 38.2 Å². The van der Waals surface area contributed by atoms with E-state index in [1.165, 1.54) is 22.3 Å². The first kappa shape index (κ1) is 13.1. The van der Waals surface area contributed by atoms with Gasteiger partial charge < -0.3 is 10.2 Å². The van der Waals surface area contributed by atoms with Gasteiger partial charge in [0.15, 0.2) is 0 Å². The molecule has 1 N–H and O–H groups in total. The number of hydrogen-bond acceptors (Lipinski definition) is 2. The van der Waals surface area contributed by atoms with Crippen molar-refractivity contribution >= 4 is 5.91 Å². The molecular formula is C15H22N2O. The van der Waals surface area contributed by atoms with Crippen molar-refractivity contribution in [3.05, 3.63) is 34.4 Å². The van der Waals surface area contributed by atoms with Gasteiger partial charge in [-0.15, -0.1) is 0 Å². The van der Waals surface area contributed by atoms with Crippen molar-refractivity contribution in [2.24, 2.45) is 5.92 Å². The number of aryl methyl sites for hydroxylation is 3. The lowest BCUT2D eigenvalue weighted by atomic mass is 9.99. The SMILES string of the molecule is Cc1cc(C)c(CN(C)C(=O)C2CNC2)cc1C. The number of hydrogen-bond donors (Lipinski definition) is 1. The third kappa shape index (κ3) is 2.56. The van der Waals surface area contributed by atoms with Crippen molar-refractivity contribution in [3.63, 3.8) is 0 Å². The van der Waals surface area contributed by atoms with E-state index in [0.717, 1.165) is 13.1 Å². The maximum atomic E-state index is 12.1. The first-order valence-electron chi connectivity index (χ1n) is 6.51. The van der Waals surface area contributed by atoms with Crippen molar-refractivity contribution in [3.8, 4) is 0 Å². The van der Waals surface area contributed by atoms with Gasteiger partial charge in [-0.25, -0.2) is 0 Å². The highest BCUT2D eigenvalue weighted by atomic mass is 16.2. The summed E-state index contributed by atoms with van der Waals surface area (Å²) in [5.74, 6) is 0.438. The van der Waals surface area contributed by atoms with Crippen LogP contribution >= 0.6 is 0 Å². The van der Waals surface area contributed by atoms with Crippen molar-refractivity contribution in [2.45, 2.75) is 27.3 Å². The predicted octanol–water partition coefficient (Wildman–Crippen LogP) is 1.79. The van der Waals surface area contributed by atoms with E-state index in [1.807, 2.05) is 11.9 Å². The number of nitrogens with zero attached hydrogens (tertiary/aromatic N) is 1. The minimum atomic E-state index is 0.182. The average molecular weight is 246 g/mol. The molecule has 0 saturated carbocycles. The van der Waals surface area contributed by atoms with Crippen LogP contribution < -0.4 is 5.32 Å². The van der Waals surface area contributed by atoms with Gasteiger partial charge in [-0.2, -0.15) is 0 Å². The fraction of sp³-hybridized carbons (Fsp3) is 0.533. The van der Waals surface area contributed by atoms with Gasteiger partial charge in [-0.3, -0.25) is 4.79 Å². The fourth-order valence-corrected chi connectivity index (χ4v) is 2.30. The molecule has 3 heteroatoms. The Bertz CT molecular complexity index is 464. The van der Waals surface area contributed by atoms with Crippen LogP contribution in [0.2, 0.25) is 0 Å². The van der Waals surface area contributed by atoms with Crippen LogP contribution in [-0.4, -0.2) is 30.9 Å². The molecule has 1 aliphatic heterocycles. The quantitative estimate of drug-likeness (QED) is 0.882. The summed E-state index contributed by atoms with van der Waals surface area (Å²) in [6, 6.07) is 4.40. The Kier molecular flexibility index (Phi) is 3.71. The highest BCUT2D eigenvalue weighted by Gasteiger charge is 2.27. The van der Waals surface area contributed by atoms with Crippen LogP contribution in [0.5, 0.6) is 0 Å². The highest BCUT2D eigenvalue weighted by molar-refractivity contribution is 5.80. The topological polar surface area (TPSA) is 32.3 Å². The summed E-state index contributed by atoms with van der Waals surface area (Å²) in [7, 11) is 1.90. The van der Waals surface area contributed by atoms with Crippen molar-refractivity contribution in [2.75, 3.05) is 20.1 Å². The molecule has 1 saturated heterocycles. The van der Waals surface area contributed by atoms with Crippen molar-refractivity contribution in [1.82, 2.24) is 10.2 Å². The molecule has 1 aromatic rings. The Hall–Kier alpha value is -1.35. The summed E-state index contributed by atoms with van der Waals surface area (Å²) in [6.45, 7) is 8.73. The third-order valence-corrected chi connectivity index (χ3v) is 3.87. The summed E-state index contributed by atoms with van der Waals surface area (Å²) in [6.07, 6.45) is 0. The number of nitrogens with one attached hydrogen (secondary N) is 1. The molecule has 0 unspecified atom stereocenters. The summed E-state index contributed by atoms with van der Waals surface area (Å²) in [4.78, 5) is 13.9. The second-order valence-electron chi connectivity index (χ2n) is 5.41. The van der Waals surface area contributed by atoms with Crippen molar-refractivity contribution in [1.29, 1.82) is 0 Å². The van der Waals surface area contributed by atoms with E-state index in [0.29, 0.717) is 6.54 Å². The zero-order valence-electron chi connectivity index (χ0n) is 11.7. The average Bonchev–Trinajstić information content (AvgIpc) is 2.23. The smallest absolute Gasteiger partial charge is 0.228 e. The minimum Gasteiger partial charge on any atom is -0.341 e. The molecule has 98 valence electrons. The summed E-state index contributed by atoms with van der Waals surface area (Å²) in [5, 5.41) is 3.14. The van der Waals surface area contributed by atoms with Gasteiger partial charge >= 0.3 is 0 Å². The van der Waals surface area contributed by atoms with E-state index in [9.17, 15) is 4.79 Å². The number of benzene rings is 1. The molecule has 0 atom stereocenters. The molecule has 0 aromatic heterocycles. The van der Waals surface area contributed by atoms with E-state index in [4.69, 9.17) is 0 Å². The van der Waals surface area contributed by atoms with Gasteiger partial charge in [-0.1, -0.05) is 12.1 Å². The molecule has 3 nitrogen and oxygen atoms in total. The minimum absolute atomic E-state index is 0.182. The van der Waals surface area contributed by atoms with Crippen molar-refractivity contribution < 1.29 is 4.79 Å². The van der Waals surface area contributed by atoms with Gasteiger partial charge in [0, 0.05) is 26.7 Å². The third-order valence-electron chi connectivity index (χ3n) is 3.87. The number of rotatable bonds is 3. The standard InChI is InChI=1S/C15H22N2O/c1-10-5-12(3)13(6-11(10)2)9-17(4)15(18)14-7-16-8-14/h5-6,14,16H,7-9H2,1-4H3. The molecule has 2 rings (SSSR count). The second kappa shape index (κ2) is 5.11. The van der Waals surface area contributed by atoms with E-state index in [-0.39, 0.29) is 11.8 Å². The van der Waals surface area contributed by atoms with Crippen LogP contribution in [0.1, 0.15) is 22.3 Å². The summed E-state index contributed by atoms with van der Waals surface area (Å²) < 4.78 is 0. The second-order valence-corrected chi connectivity index (χ2v) is 5.41. The Balaban J connectivity index is 2.08. The van der Waals surface area contributed by atoms with Gasteiger partial charge in [-0.05, 0) is 43.0 Å². The molecule has 1 amide bonds. The number of carbonyl (C=O) groups excluding carboxylic acids is 1. The zero-order valence-corrected chi connectivity index (χ0v) is 11.7. The van der Waals surface area contributed by atoms with E-state index < -0.39 is 0 Å². The first-order chi connectivity index (χ1) is 8.49. The molecule has 18 heavy (non-hydrogen) atoms. The lowest BCUT2D eigenvalue weighted by Gasteiger charge is -2.30. The van der Waals surface area contributed by atoms with Crippen LogP contribution in [0.25, 0.3) is 0 Å². The predicted molar refractivity (Wildman–Crippen MR) is 73.5 cm³/mol. The van der Waals surface area contributed by atoms with Gasteiger partial charge in [0.05, 0.1) is 5.92 Å². The zero-order chi connectivity index (χ0) is 13.3. The molecule has 1 heterocycles. The van der Waals surface area contributed by atoms with Crippen LogP contribution in [0.4, 0.5) is 0 Å². The van der Waals surface area contributed by atoms with Gasteiger partial charge in [0.1, 0.15) is 0 Å². The molecular weight excluding hydrogens is 224 g/mol.